The van der Waals surface area contributed by atoms with Crippen LogP contribution in [0.25, 0.3) is 0 Å². The molecule has 0 saturated heterocycles. The molecule has 0 unspecified atom stereocenters. The van der Waals surface area contributed by atoms with Crippen molar-refractivity contribution >= 4 is 46.5 Å². The number of hydrogen-bond acceptors (Lipinski definition) is 4. The third kappa shape index (κ3) is 5.90. The molecule has 0 aliphatic rings. The standard InChI is InChI=1S/C24H20Cl3N3O3/c1-2-15-3-7-18(8-4-15)32-14-19-9-10-22(33-19)24(31)28-23-21(27)13-30(29-23)12-16-5-6-17(25)11-20(16)26/h3-11,13H,2,12,14H2,1H3,(H,28,29,31). The topological polar surface area (TPSA) is 69.3 Å². The fraction of sp³-hybridized carbons (Fsp3) is 0.167. The minimum atomic E-state index is -0.467. The van der Waals surface area contributed by atoms with Gasteiger partial charge in [0.15, 0.2) is 11.6 Å². The van der Waals surface area contributed by atoms with E-state index in [2.05, 4.69) is 17.3 Å². The monoisotopic (exact) mass is 503 g/mol. The van der Waals surface area contributed by atoms with Crippen LogP contribution in [-0.2, 0) is 19.6 Å². The van der Waals surface area contributed by atoms with Crippen molar-refractivity contribution in [1.82, 2.24) is 9.78 Å². The minimum absolute atomic E-state index is 0.126. The summed E-state index contributed by atoms with van der Waals surface area (Å²) in [5.41, 5.74) is 2.05. The number of hydrogen-bond donors (Lipinski definition) is 1. The maximum absolute atomic E-state index is 12.6. The molecule has 0 fully saturated rings. The first kappa shape index (κ1) is 23.2. The molecule has 1 amide bonds. The van der Waals surface area contributed by atoms with Gasteiger partial charge in [0.05, 0.1) is 6.54 Å². The van der Waals surface area contributed by atoms with Crippen molar-refractivity contribution in [3.8, 4) is 5.75 Å². The van der Waals surface area contributed by atoms with Crippen molar-refractivity contribution in [2.75, 3.05) is 5.32 Å². The average molecular weight is 505 g/mol. The van der Waals surface area contributed by atoms with Crippen LogP contribution in [-0.4, -0.2) is 15.7 Å². The number of ether oxygens (including phenoxy) is 1. The van der Waals surface area contributed by atoms with Gasteiger partial charge in [0.25, 0.3) is 5.91 Å². The Morgan fingerprint density at radius 2 is 1.85 bits per heavy atom. The summed E-state index contributed by atoms with van der Waals surface area (Å²) in [7, 11) is 0. The molecule has 4 aromatic rings. The minimum Gasteiger partial charge on any atom is -0.486 e. The van der Waals surface area contributed by atoms with Crippen molar-refractivity contribution in [2.45, 2.75) is 26.5 Å². The number of nitrogens with zero attached hydrogens (tertiary/aromatic N) is 2. The number of rotatable bonds is 8. The lowest BCUT2D eigenvalue weighted by Gasteiger charge is -2.05. The van der Waals surface area contributed by atoms with Crippen LogP contribution in [0.2, 0.25) is 15.1 Å². The highest BCUT2D eigenvalue weighted by Crippen LogP contribution is 2.25. The van der Waals surface area contributed by atoms with Gasteiger partial charge in [-0.2, -0.15) is 5.10 Å². The van der Waals surface area contributed by atoms with Gasteiger partial charge in [-0.05, 0) is 53.9 Å². The molecule has 2 aromatic carbocycles. The van der Waals surface area contributed by atoms with E-state index in [1.807, 2.05) is 30.3 Å². The first-order valence-electron chi connectivity index (χ1n) is 10.2. The van der Waals surface area contributed by atoms with E-state index in [1.54, 1.807) is 35.1 Å². The van der Waals surface area contributed by atoms with E-state index in [9.17, 15) is 4.79 Å². The number of furan rings is 1. The normalized spacial score (nSPS) is 10.9. The van der Waals surface area contributed by atoms with E-state index in [-0.39, 0.29) is 18.2 Å². The third-order valence-corrected chi connectivity index (χ3v) is 5.76. The number of benzene rings is 2. The molecule has 0 saturated carbocycles. The molecule has 0 aliphatic heterocycles. The first-order valence-corrected chi connectivity index (χ1v) is 11.3. The lowest BCUT2D eigenvalue weighted by atomic mass is 10.2. The molecule has 2 aromatic heterocycles. The Kier molecular flexibility index (Phi) is 7.28. The van der Waals surface area contributed by atoms with Crippen molar-refractivity contribution in [2.24, 2.45) is 0 Å². The molecule has 2 heterocycles. The smallest absolute Gasteiger partial charge is 0.292 e. The summed E-state index contributed by atoms with van der Waals surface area (Å²) in [4.78, 5) is 12.6. The second kappa shape index (κ2) is 10.3. The van der Waals surface area contributed by atoms with Gasteiger partial charge in [-0.25, -0.2) is 0 Å². The van der Waals surface area contributed by atoms with Crippen LogP contribution in [0.15, 0.2) is 65.2 Å². The van der Waals surface area contributed by atoms with Crippen LogP contribution in [0.3, 0.4) is 0 Å². The second-order valence-corrected chi connectivity index (χ2v) is 8.52. The summed E-state index contributed by atoms with van der Waals surface area (Å²) in [5.74, 6) is 1.13. The Hall–Kier alpha value is -2.93. The maximum Gasteiger partial charge on any atom is 0.292 e. The summed E-state index contributed by atoms with van der Waals surface area (Å²) < 4.78 is 12.9. The molecule has 4 rings (SSSR count). The predicted molar refractivity (Wildman–Crippen MR) is 130 cm³/mol. The zero-order chi connectivity index (χ0) is 23.4. The van der Waals surface area contributed by atoms with Gasteiger partial charge in [-0.3, -0.25) is 9.48 Å². The summed E-state index contributed by atoms with van der Waals surface area (Å²) in [6, 6.07) is 16.3. The Labute approximate surface area is 206 Å². The van der Waals surface area contributed by atoms with Gasteiger partial charge in [0.1, 0.15) is 23.1 Å². The highest BCUT2D eigenvalue weighted by molar-refractivity contribution is 6.35. The van der Waals surface area contributed by atoms with Crippen LogP contribution in [0.5, 0.6) is 5.75 Å². The van der Waals surface area contributed by atoms with E-state index in [0.717, 1.165) is 17.7 Å². The van der Waals surface area contributed by atoms with Gasteiger partial charge in [0.2, 0.25) is 0 Å². The number of nitrogens with one attached hydrogen (secondary N) is 1. The fourth-order valence-corrected chi connectivity index (χ4v) is 3.78. The Morgan fingerprint density at radius 3 is 2.58 bits per heavy atom. The van der Waals surface area contributed by atoms with E-state index >= 15 is 0 Å². The second-order valence-electron chi connectivity index (χ2n) is 7.27. The first-order chi connectivity index (χ1) is 15.9. The van der Waals surface area contributed by atoms with Gasteiger partial charge in [-0.1, -0.05) is 59.9 Å². The molecular weight excluding hydrogens is 485 g/mol. The Morgan fingerprint density at radius 1 is 1.06 bits per heavy atom. The van der Waals surface area contributed by atoms with E-state index < -0.39 is 5.91 Å². The molecule has 0 radical (unpaired) electrons. The molecule has 1 N–H and O–H groups in total. The number of halogens is 3. The summed E-state index contributed by atoms with van der Waals surface area (Å²) in [6.45, 7) is 2.67. The summed E-state index contributed by atoms with van der Waals surface area (Å²) in [5, 5.41) is 8.35. The largest absolute Gasteiger partial charge is 0.486 e. The lowest BCUT2D eigenvalue weighted by molar-refractivity contribution is 0.0992. The molecule has 0 aliphatic carbocycles. The number of aromatic nitrogens is 2. The van der Waals surface area contributed by atoms with Crippen LogP contribution in [0.1, 0.15) is 34.4 Å². The maximum atomic E-state index is 12.6. The van der Waals surface area contributed by atoms with Crippen LogP contribution >= 0.6 is 34.8 Å². The van der Waals surface area contributed by atoms with Crippen molar-refractivity contribution in [3.63, 3.8) is 0 Å². The van der Waals surface area contributed by atoms with Crippen LogP contribution in [0, 0.1) is 0 Å². The molecule has 170 valence electrons. The molecule has 0 bridgehead atoms. The number of carbonyl (C=O) groups is 1. The van der Waals surface area contributed by atoms with Crippen molar-refractivity contribution in [3.05, 3.63) is 98.5 Å². The van der Waals surface area contributed by atoms with Gasteiger partial charge >= 0.3 is 0 Å². The molecule has 0 atom stereocenters. The highest BCUT2D eigenvalue weighted by Gasteiger charge is 2.16. The number of amides is 1. The van der Waals surface area contributed by atoms with E-state index in [1.165, 1.54) is 5.56 Å². The van der Waals surface area contributed by atoms with Crippen molar-refractivity contribution in [1.29, 1.82) is 0 Å². The van der Waals surface area contributed by atoms with Gasteiger partial charge in [-0.15, -0.1) is 0 Å². The van der Waals surface area contributed by atoms with Crippen LogP contribution in [0.4, 0.5) is 5.82 Å². The van der Waals surface area contributed by atoms with Gasteiger partial charge < -0.3 is 14.5 Å². The summed E-state index contributed by atoms with van der Waals surface area (Å²) in [6.07, 6.45) is 2.57. The average Bonchev–Trinajstić information content (AvgIpc) is 3.41. The molecule has 6 nitrogen and oxygen atoms in total. The highest BCUT2D eigenvalue weighted by atomic mass is 35.5. The molecule has 0 spiro atoms. The number of carbonyl (C=O) groups excluding carboxylic acids is 1. The molecule has 9 heteroatoms. The summed E-state index contributed by atoms with van der Waals surface area (Å²) >= 11 is 18.4. The number of anilines is 1. The van der Waals surface area contributed by atoms with Crippen molar-refractivity contribution < 1.29 is 13.9 Å². The Bertz CT molecular complexity index is 1270. The zero-order valence-electron chi connectivity index (χ0n) is 17.6. The van der Waals surface area contributed by atoms with E-state index in [0.29, 0.717) is 27.4 Å². The lowest BCUT2D eigenvalue weighted by Crippen LogP contribution is -2.12. The van der Waals surface area contributed by atoms with E-state index in [4.69, 9.17) is 44.0 Å². The fourth-order valence-electron chi connectivity index (χ4n) is 3.11. The molecular formula is C24H20Cl3N3O3. The predicted octanol–water partition coefficient (Wildman–Crippen LogP) is 6.88. The number of aryl methyl sites for hydroxylation is 1. The third-order valence-electron chi connectivity index (χ3n) is 4.89. The zero-order valence-corrected chi connectivity index (χ0v) is 19.9. The quantitative estimate of drug-likeness (QED) is 0.284. The molecule has 33 heavy (non-hydrogen) atoms. The SMILES string of the molecule is CCc1ccc(OCc2ccc(C(=O)Nc3nn(Cc4ccc(Cl)cc4Cl)cc3Cl)o2)cc1. The Balaban J connectivity index is 1.37. The van der Waals surface area contributed by atoms with Crippen LogP contribution < -0.4 is 10.1 Å². The van der Waals surface area contributed by atoms with Gasteiger partial charge in [0, 0.05) is 16.2 Å².